The minimum Gasteiger partial charge on any atom is -0.381 e. The monoisotopic (exact) mass is 280 g/mol. The van der Waals surface area contributed by atoms with Gasteiger partial charge in [0.05, 0.1) is 0 Å². The maximum absolute atomic E-state index is 5.65. The van der Waals surface area contributed by atoms with Crippen LogP contribution in [0.25, 0.3) is 0 Å². The molecule has 3 nitrogen and oxygen atoms in total. The summed E-state index contributed by atoms with van der Waals surface area (Å²) < 4.78 is 5.65. The van der Waals surface area contributed by atoms with Crippen molar-refractivity contribution in [2.75, 3.05) is 26.3 Å². The van der Waals surface area contributed by atoms with Crippen LogP contribution in [0.4, 0.5) is 0 Å². The van der Waals surface area contributed by atoms with Crippen LogP contribution in [-0.4, -0.2) is 49.3 Å². The van der Waals surface area contributed by atoms with Crippen LogP contribution in [-0.2, 0) is 4.74 Å². The Bertz CT molecular complexity index is 310. The first-order chi connectivity index (χ1) is 9.72. The highest BCUT2D eigenvalue weighted by Gasteiger charge is 2.40. The zero-order chi connectivity index (χ0) is 14.0. The molecule has 1 N–H and O–H groups in total. The molecule has 3 rings (SSSR count). The summed E-state index contributed by atoms with van der Waals surface area (Å²) >= 11 is 0. The summed E-state index contributed by atoms with van der Waals surface area (Å²) in [5.74, 6) is 0. The van der Waals surface area contributed by atoms with E-state index in [0.29, 0.717) is 5.41 Å². The quantitative estimate of drug-likeness (QED) is 0.810. The summed E-state index contributed by atoms with van der Waals surface area (Å²) in [5, 5.41) is 3.81. The molecule has 2 aliphatic heterocycles. The van der Waals surface area contributed by atoms with Crippen molar-refractivity contribution in [3.05, 3.63) is 0 Å². The number of nitrogens with zero attached hydrogens (tertiary/aromatic N) is 1. The summed E-state index contributed by atoms with van der Waals surface area (Å²) in [6.07, 6.45) is 9.38. The lowest BCUT2D eigenvalue weighted by atomic mass is 9.79. The van der Waals surface area contributed by atoms with Gasteiger partial charge in [0.25, 0.3) is 0 Å². The first-order valence-electron chi connectivity index (χ1n) is 8.79. The molecule has 0 spiro atoms. The van der Waals surface area contributed by atoms with E-state index in [0.717, 1.165) is 31.3 Å². The Labute approximate surface area is 124 Å². The molecule has 3 heteroatoms. The molecule has 0 aromatic heterocycles. The zero-order valence-electron chi connectivity index (χ0n) is 13.4. The van der Waals surface area contributed by atoms with E-state index in [1.807, 2.05) is 0 Å². The second-order valence-corrected chi connectivity index (χ2v) is 7.43. The van der Waals surface area contributed by atoms with Gasteiger partial charge in [-0.1, -0.05) is 6.92 Å². The molecule has 2 heterocycles. The predicted octanol–water partition coefficient (Wildman–Crippen LogP) is 2.80. The van der Waals surface area contributed by atoms with E-state index in [-0.39, 0.29) is 0 Å². The molecule has 0 amide bonds. The van der Waals surface area contributed by atoms with Crippen molar-refractivity contribution in [3.63, 3.8) is 0 Å². The minimum absolute atomic E-state index is 0.465. The molecular weight excluding hydrogens is 248 g/mol. The summed E-state index contributed by atoms with van der Waals surface area (Å²) in [6.45, 7) is 9.21. The van der Waals surface area contributed by atoms with Gasteiger partial charge in [-0.3, -0.25) is 4.90 Å². The van der Waals surface area contributed by atoms with Crippen LogP contribution in [0.1, 0.15) is 58.8 Å². The summed E-state index contributed by atoms with van der Waals surface area (Å²) in [5.41, 5.74) is 0.465. The van der Waals surface area contributed by atoms with Crippen LogP contribution in [0.5, 0.6) is 0 Å². The SMILES string of the molecule is CCC1CCC(C)N1CC1(CNC2CC2)CCOCC1. The van der Waals surface area contributed by atoms with Gasteiger partial charge in [-0.2, -0.15) is 0 Å². The van der Waals surface area contributed by atoms with Gasteiger partial charge in [0.2, 0.25) is 0 Å². The van der Waals surface area contributed by atoms with Crippen molar-refractivity contribution in [2.45, 2.75) is 76.9 Å². The maximum atomic E-state index is 5.65. The number of ether oxygens (including phenoxy) is 1. The van der Waals surface area contributed by atoms with Crippen molar-refractivity contribution in [1.82, 2.24) is 10.2 Å². The van der Waals surface area contributed by atoms with Gasteiger partial charge in [-0.05, 0) is 57.3 Å². The van der Waals surface area contributed by atoms with Crippen molar-refractivity contribution >= 4 is 0 Å². The highest BCUT2D eigenvalue weighted by atomic mass is 16.5. The molecule has 1 aliphatic carbocycles. The van der Waals surface area contributed by atoms with E-state index >= 15 is 0 Å². The molecule has 0 aromatic rings. The number of hydrogen-bond donors (Lipinski definition) is 1. The van der Waals surface area contributed by atoms with Gasteiger partial charge >= 0.3 is 0 Å². The Balaban J connectivity index is 1.64. The second-order valence-electron chi connectivity index (χ2n) is 7.43. The molecule has 0 radical (unpaired) electrons. The third kappa shape index (κ3) is 3.37. The Morgan fingerprint density at radius 2 is 1.90 bits per heavy atom. The Kier molecular flexibility index (Phi) is 4.68. The van der Waals surface area contributed by atoms with Crippen molar-refractivity contribution in [3.8, 4) is 0 Å². The lowest BCUT2D eigenvalue weighted by Gasteiger charge is -2.43. The van der Waals surface area contributed by atoms with E-state index in [9.17, 15) is 0 Å². The minimum atomic E-state index is 0.465. The second kappa shape index (κ2) is 6.33. The van der Waals surface area contributed by atoms with E-state index in [2.05, 4.69) is 24.1 Å². The van der Waals surface area contributed by atoms with Crippen molar-refractivity contribution in [2.24, 2.45) is 5.41 Å². The van der Waals surface area contributed by atoms with Crippen LogP contribution in [0.3, 0.4) is 0 Å². The average molecular weight is 280 g/mol. The lowest BCUT2D eigenvalue weighted by Crippen LogP contribution is -2.50. The molecule has 2 unspecified atom stereocenters. The summed E-state index contributed by atoms with van der Waals surface area (Å²) in [4.78, 5) is 2.82. The number of hydrogen-bond acceptors (Lipinski definition) is 3. The van der Waals surface area contributed by atoms with E-state index in [1.165, 1.54) is 58.0 Å². The molecule has 1 saturated carbocycles. The molecular formula is C17H32N2O. The predicted molar refractivity (Wildman–Crippen MR) is 83.0 cm³/mol. The third-order valence-electron chi connectivity index (χ3n) is 5.84. The highest BCUT2D eigenvalue weighted by Crippen LogP contribution is 2.36. The molecule has 2 atom stereocenters. The highest BCUT2D eigenvalue weighted by molar-refractivity contribution is 4.95. The van der Waals surface area contributed by atoms with E-state index in [1.54, 1.807) is 0 Å². The first kappa shape index (κ1) is 14.8. The molecule has 2 saturated heterocycles. The average Bonchev–Trinajstić information content (AvgIpc) is 3.24. The Hall–Kier alpha value is -0.120. The Morgan fingerprint density at radius 1 is 1.15 bits per heavy atom. The molecule has 0 aromatic carbocycles. The smallest absolute Gasteiger partial charge is 0.0472 e. The van der Waals surface area contributed by atoms with Gasteiger partial charge in [0.1, 0.15) is 0 Å². The largest absolute Gasteiger partial charge is 0.381 e. The van der Waals surface area contributed by atoms with Crippen LogP contribution in [0.15, 0.2) is 0 Å². The van der Waals surface area contributed by atoms with Gasteiger partial charge in [0, 0.05) is 44.4 Å². The van der Waals surface area contributed by atoms with Crippen molar-refractivity contribution < 1.29 is 4.74 Å². The van der Waals surface area contributed by atoms with Crippen LogP contribution >= 0.6 is 0 Å². The van der Waals surface area contributed by atoms with Crippen molar-refractivity contribution in [1.29, 1.82) is 0 Å². The fraction of sp³-hybridized carbons (Fsp3) is 1.00. The van der Waals surface area contributed by atoms with E-state index < -0.39 is 0 Å². The van der Waals surface area contributed by atoms with Crippen LogP contribution in [0, 0.1) is 5.41 Å². The van der Waals surface area contributed by atoms with Gasteiger partial charge < -0.3 is 10.1 Å². The molecule has 20 heavy (non-hydrogen) atoms. The fourth-order valence-corrected chi connectivity index (χ4v) is 4.08. The molecule has 3 aliphatic rings. The lowest BCUT2D eigenvalue weighted by molar-refractivity contribution is -0.0127. The summed E-state index contributed by atoms with van der Waals surface area (Å²) in [6, 6.07) is 2.43. The topological polar surface area (TPSA) is 24.5 Å². The normalized spacial score (nSPS) is 34.5. The van der Waals surface area contributed by atoms with Crippen LogP contribution in [0.2, 0.25) is 0 Å². The summed E-state index contributed by atoms with van der Waals surface area (Å²) in [7, 11) is 0. The zero-order valence-corrected chi connectivity index (χ0v) is 13.4. The maximum Gasteiger partial charge on any atom is 0.0472 e. The standard InChI is InChI=1S/C17H32N2O/c1-3-16-7-4-14(2)19(16)13-17(8-10-20-11-9-17)12-18-15-5-6-15/h14-16,18H,3-13H2,1-2H3. The third-order valence-corrected chi connectivity index (χ3v) is 5.84. The van der Waals surface area contributed by atoms with Gasteiger partial charge in [-0.25, -0.2) is 0 Å². The fourth-order valence-electron chi connectivity index (χ4n) is 4.08. The van der Waals surface area contributed by atoms with Crippen LogP contribution < -0.4 is 5.32 Å². The number of nitrogens with one attached hydrogen (secondary N) is 1. The number of likely N-dealkylation sites (tertiary alicyclic amines) is 1. The molecule has 3 fully saturated rings. The van der Waals surface area contributed by atoms with Gasteiger partial charge in [0.15, 0.2) is 0 Å². The van der Waals surface area contributed by atoms with Gasteiger partial charge in [-0.15, -0.1) is 0 Å². The molecule has 116 valence electrons. The number of rotatable bonds is 6. The molecule has 0 bridgehead atoms. The van der Waals surface area contributed by atoms with E-state index in [4.69, 9.17) is 4.74 Å². The Morgan fingerprint density at radius 3 is 2.55 bits per heavy atom. The first-order valence-corrected chi connectivity index (χ1v) is 8.79.